The first-order valence-corrected chi connectivity index (χ1v) is 6.63. The summed E-state index contributed by atoms with van der Waals surface area (Å²) in [5.74, 6) is -1.60. The van der Waals surface area contributed by atoms with Crippen LogP contribution < -0.4 is 5.32 Å². The molecule has 1 amide bonds. The fraction of sp³-hybridized carbons (Fsp3) is 0.800. The van der Waals surface area contributed by atoms with Crippen molar-refractivity contribution in [3.05, 3.63) is 0 Å². The van der Waals surface area contributed by atoms with E-state index in [1.807, 2.05) is 13.8 Å². The van der Waals surface area contributed by atoms with Gasteiger partial charge in [0, 0.05) is 23.0 Å². The first kappa shape index (κ1) is 15.1. The van der Waals surface area contributed by atoms with Crippen LogP contribution in [-0.4, -0.2) is 38.2 Å². The summed E-state index contributed by atoms with van der Waals surface area (Å²) in [6.45, 7) is 5.05. The second kappa shape index (κ2) is 7.38. The quantitative estimate of drug-likeness (QED) is 0.688. The Hall–Kier alpha value is -0.910. The van der Waals surface area contributed by atoms with Gasteiger partial charge in [-0.05, 0) is 6.42 Å². The Bertz CT molecular complexity index is 280. The maximum Gasteiger partial charge on any atom is 0.327 e. The van der Waals surface area contributed by atoms with E-state index in [9.17, 15) is 13.8 Å². The van der Waals surface area contributed by atoms with Crippen molar-refractivity contribution < 1.29 is 18.9 Å². The predicted octanol–water partition coefficient (Wildman–Crippen LogP) is 0.513. The molecule has 0 rings (SSSR count). The Kier molecular flexibility index (Phi) is 6.96. The number of hydrogen-bond donors (Lipinski definition) is 2. The Labute approximate surface area is 98.1 Å². The van der Waals surface area contributed by atoms with E-state index in [1.54, 1.807) is 0 Å². The van der Waals surface area contributed by atoms with Crippen LogP contribution in [0.5, 0.6) is 0 Å². The van der Waals surface area contributed by atoms with Gasteiger partial charge in [-0.3, -0.25) is 9.00 Å². The summed E-state index contributed by atoms with van der Waals surface area (Å²) in [5.41, 5.74) is 0. The zero-order chi connectivity index (χ0) is 12.7. The second-order valence-electron chi connectivity index (χ2n) is 3.74. The lowest BCUT2D eigenvalue weighted by Gasteiger charge is -2.16. The Morgan fingerprint density at radius 2 is 2.00 bits per heavy atom. The maximum atomic E-state index is 11.7. The summed E-state index contributed by atoms with van der Waals surface area (Å²) in [6, 6.07) is -1.06. The second-order valence-corrected chi connectivity index (χ2v) is 5.64. The van der Waals surface area contributed by atoms with Crippen LogP contribution >= 0.6 is 0 Å². The monoisotopic (exact) mass is 249 g/mol. The zero-order valence-corrected chi connectivity index (χ0v) is 10.7. The molecule has 0 aromatic carbocycles. The van der Waals surface area contributed by atoms with E-state index in [1.165, 1.54) is 6.92 Å². The minimum Gasteiger partial charge on any atom is -0.480 e. The Morgan fingerprint density at radius 1 is 1.44 bits per heavy atom. The number of amides is 1. The third kappa shape index (κ3) is 5.85. The third-order valence-corrected chi connectivity index (χ3v) is 3.95. The zero-order valence-electron chi connectivity index (χ0n) is 9.86. The highest BCUT2D eigenvalue weighted by Gasteiger charge is 2.23. The maximum absolute atomic E-state index is 11.7. The van der Waals surface area contributed by atoms with Gasteiger partial charge in [0.25, 0.3) is 0 Å². The normalized spacial score (nSPS) is 16.2. The van der Waals surface area contributed by atoms with E-state index >= 15 is 0 Å². The molecule has 0 aromatic rings. The van der Waals surface area contributed by atoms with Crippen LogP contribution in [-0.2, 0) is 20.4 Å². The van der Waals surface area contributed by atoms with Crippen LogP contribution in [0.2, 0.25) is 0 Å². The Morgan fingerprint density at radius 3 is 2.38 bits per heavy atom. The molecule has 2 N–H and O–H groups in total. The van der Waals surface area contributed by atoms with E-state index in [0.29, 0.717) is 0 Å². The predicted molar refractivity (Wildman–Crippen MR) is 62.6 cm³/mol. The van der Waals surface area contributed by atoms with E-state index < -0.39 is 28.7 Å². The van der Waals surface area contributed by atoms with Crippen molar-refractivity contribution in [2.75, 3.05) is 5.75 Å². The van der Waals surface area contributed by atoms with Gasteiger partial charge in [-0.1, -0.05) is 20.3 Å². The summed E-state index contributed by atoms with van der Waals surface area (Å²) in [6.07, 6.45) is 1.70. The average Bonchev–Trinajstić information content (AvgIpc) is 2.16. The lowest BCUT2D eigenvalue weighted by molar-refractivity contribution is -0.140. The topological polar surface area (TPSA) is 83.5 Å². The van der Waals surface area contributed by atoms with Crippen LogP contribution in [0.15, 0.2) is 0 Å². The van der Waals surface area contributed by atoms with Crippen LogP contribution in [0.25, 0.3) is 0 Å². The van der Waals surface area contributed by atoms with Crippen LogP contribution in [0.3, 0.4) is 0 Å². The minimum atomic E-state index is -1.23. The summed E-state index contributed by atoms with van der Waals surface area (Å²) in [5, 5.41) is 11.1. The molecule has 5 nitrogen and oxygen atoms in total. The van der Waals surface area contributed by atoms with Crippen LogP contribution in [0.4, 0.5) is 0 Å². The summed E-state index contributed by atoms with van der Waals surface area (Å²) in [7, 11) is -1.23. The molecular formula is C10H19NO4S. The largest absolute Gasteiger partial charge is 0.480 e. The number of aliphatic carboxylic acids is 1. The molecule has 3 atom stereocenters. The van der Waals surface area contributed by atoms with Gasteiger partial charge in [0.2, 0.25) is 5.91 Å². The number of carboxylic acids is 1. The van der Waals surface area contributed by atoms with Crippen molar-refractivity contribution >= 4 is 22.7 Å². The SMILES string of the molecule is CCCC(C)S(=O)CC(NC(C)=O)C(=O)O. The van der Waals surface area contributed by atoms with Crippen molar-refractivity contribution in [3.63, 3.8) is 0 Å². The number of carbonyl (C=O) groups is 2. The number of hydrogen-bond acceptors (Lipinski definition) is 3. The smallest absolute Gasteiger partial charge is 0.327 e. The molecule has 16 heavy (non-hydrogen) atoms. The first-order valence-electron chi connectivity index (χ1n) is 5.25. The molecular weight excluding hydrogens is 230 g/mol. The molecule has 0 aliphatic carbocycles. The standard InChI is InChI=1S/C10H19NO4S/c1-4-5-7(2)16(15)6-9(10(13)14)11-8(3)12/h7,9H,4-6H2,1-3H3,(H,11,12)(H,13,14). The van der Waals surface area contributed by atoms with Gasteiger partial charge in [0.15, 0.2) is 0 Å². The molecule has 0 heterocycles. The minimum absolute atomic E-state index is 0.0317. The lowest BCUT2D eigenvalue weighted by Crippen LogP contribution is -2.44. The van der Waals surface area contributed by atoms with Gasteiger partial charge in [0.05, 0.1) is 5.75 Å². The van der Waals surface area contributed by atoms with Crippen molar-refractivity contribution in [2.45, 2.75) is 44.9 Å². The van der Waals surface area contributed by atoms with Crippen molar-refractivity contribution in [1.29, 1.82) is 0 Å². The number of nitrogens with one attached hydrogen (secondary N) is 1. The molecule has 0 aromatic heterocycles. The van der Waals surface area contributed by atoms with Gasteiger partial charge in [-0.15, -0.1) is 0 Å². The van der Waals surface area contributed by atoms with Gasteiger partial charge >= 0.3 is 5.97 Å². The molecule has 0 spiro atoms. The van der Waals surface area contributed by atoms with Gasteiger partial charge in [0.1, 0.15) is 6.04 Å². The molecule has 0 fully saturated rings. The highest BCUT2D eigenvalue weighted by molar-refractivity contribution is 7.85. The van der Waals surface area contributed by atoms with Crippen molar-refractivity contribution in [2.24, 2.45) is 0 Å². The molecule has 0 saturated heterocycles. The summed E-state index contributed by atoms with van der Waals surface area (Å²) >= 11 is 0. The van der Waals surface area contributed by atoms with Crippen LogP contribution in [0, 0.1) is 0 Å². The summed E-state index contributed by atoms with van der Waals surface area (Å²) < 4.78 is 11.7. The molecule has 0 aliphatic heterocycles. The van der Waals surface area contributed by atoms with Gasteiger partial charge in [-0.2, -0.15) is 0 Å². The van der Waals surface area contributed by atoms with Crippen molar-refractivity contribution in [3.8, 4) is 0 Å². The lowest BCUT2D eigenvalue weighted by atomic mass is 10.3. The van der Waals surface area contributed by atoms with E-state index in [4.69, 9.17) is 5.11 Å². The summed E-state index contributed by atoms with van der Waals surface area (Å²) in [4.78, 5) is 21.6. The van der Waals surface area contributed by atoms with Crippen LogP contribution in [0.1, 0.15) is 33.6 Å². The molecule has 0 radical (unpaired) electrons. The highest BCUT2D eigenvalue weighted by atomic mass is 32.2. The average molecular weight is 249 g/mol. The van der Waals surface area contributed by atoms with E-state index in [2.05, 4.69) is 5.32 Å². The number of carbonyl (C=O) groups excluding carboxylic acids is 1. The Balaban J connectivity index is 4.34. The molecule has 0 bridgehead atoms. The van der Waals surface area contributed by atoms with Gasteiger partial charge < -0.3 is 10.4 Å². The van der Waals surface area contributed by atoms with Gasteiger partial charge in [-0.25, -0.2) is 4.79 Å². The van der Waals surface area contributed by atoms with E-state index in [0.717, 1.165) is 12.8 Å². The van der Waals surface area contributed by atoms with Crippen molar-refractivity contribution in [1.82, 2.24) is 5.32 Å². The first-order chi connectivity index (χ1) is 7.38. The number of carboxylic acid groups (broad SMARTS) is 1. The number of rotatable bonds is 7. The fourth-order valence-corrected chi connectivity index (χ4v) is 2.67. The fourth-order valence-electron chi connectivity index (χ4n) is 1.29. The molecule has 94 valence electrons. The molecule has 0 saturated carbocycles. The molecule has 6 heteroatoms. The molecule has 3 unspecified atom stereocenters. The third-order valence-electron chi connectivity index (χ3n) is 2.15. The molecule has 0 aliphatic rings. The van der Waals surface area contributed by atoms with E-state index in [-0.39, 0.29) is 11.0 Å². The highest BCUT2D eigenvalue weighted by Crippen LogP contribution is 2.06.